The Hall–Kier alpha value is -0.860. The fourth-order valence-electron chi connectivity index (χ4n) is 2.60. The molecule has 1 aliphatic rings. The van der Waals surface area contributed by atoms with E-state index >= 15 is 0 Å². The molecule has 0 spiro atoms. The van der Waals surface area contributed by atoms with E-state index in [9.17, 15) is 5.11 Å². The molecule has 2 N–H and O–H groups in total. The Balaban J connectivity index is 1.96. The Labute approximate surface area is 110 Å². The van der Waals surface area contributed by atoms with Crippen LogP contribution in [0.3, 0.4) is 0 Å². The molecule has 0 heterocycles. The molecule has 1 saturated carbocycles. The highest BCUT2D eigenvalue weighted by molar-refractivity contribution is 5.21. The first-order valence-corrected chi connectivity index (χ1v) is 7.13. The maximum Gasteiger partial charge on any atom is 0.0743 e. The zero-order chi connectivity index (χ0) is 13.0. The van der Waals surface area contributed by atoms with E-state index in [0.29, 0.717) is 12.6 Å². The number of nitrogens with one attached hydrogen (secondary N) is 1. The monoisotopic (exact) mass is 247 g/mol. The van der Waals surface area contributed by atoms with Crippen LogP contribution >= 0.6 is 0 Å². The molecule has 2 nitrogen and oxygen atoms in total. The van der Waals surface area contributed by atoms with E-state index in [2.05, 4.69) is 42.6 Å². The molecule has 2 rings (SSSR count). The smallest absolute Gasteiger partial charge is 0.0743 e. The van der Waals surface area contributed by atoms with E-state index in [-0.39, 0.29) is 0 Å². The zero-order valence-corrected chi connectivity index (χ0v) is 11.5. The third-order valence-corrected chi connectivity index (χ3v) is 3.74. The summed E-state index contributed by atoms with van der Waals surface area (Å²) in [6, 6.07) is 11.0. The van der Waals surface area contributed by atoms with Crippen LogP contribution in [0.1, 0.15) is 51.1 Å². The number of rotatable bonds is 7. The van der Waals surface area contributed by atoms with Crippen LogP contribution in [-0.4, -0.2) is 17.3 Å². The summed E-state index contributed by atoms with van der Waals surface area (Å²) >= 11 is 0. The van der Waals surface area contributed by atoms with Crippen molar-refractivity contribution in [3.63, 3.8) is 0 Å². The summed E-state index contributed by atoms with van der Waals surface area (Å²) in [6.45, 7) is 4.72. The molecule has 0 radical (unpaired) electrons. The average molecular weight is 247 g/mol. The molecule has 1 aromatic rings. The predicted molar refractivity (Wildman–Crippen MR) is 75.4 cm³/mol. The standard InChI is InChI=1S/C16H25NO/c1-3-11-16(2,18)12-17-15(14-9-10-14)13-7-5-4-6-8-13/h4-8,14-15,17-18H,3,9-12H2,1-2H3. The molecule has 0 bridgehead atoms. The minimum absolute atomic E-state index is 0.412. The normalized spacial score (nSPS) is 20.4. The first-order chi connectivity index (χ1) is 8.62. The summed E-state index contributed by atoms with van der Waals surface area (Å²) < 4.78 is 0. The van der Waals surface area contributed by atoms with Gasteiger partial charge in [-0.15, -0.1) is 0 Å². The summed E-state index contributed by atoms with van der Waals surface area (Å²) in [5, 5.41) is 13.8. The van der Waals surface area contributed by atoms with E-state index in [1.165, 1.54) is 18.4 Å². The molecule has 18 heavy (non-hydrogen) atoms. The van der Waals surface area contributed by atoms with Crippen molar-refractivity contribution < 1.29 is 5.11 Å². The predicted octanol–water partition coefficient (Wildman–Crippen LogP) is 3.28. The van der Waals surface area contributed by atoms with Crippen LogP contribution in [-0.2, 0) is 0 Å². The van der Waals surface area contributed by atoms with Crippen molar-refractivity contribution >= 4 is 0 Å². The van der Waals surface area contributed by atoms with Crippen LogP contribution in [0, 0.1) is 5.92 Å². The van der Waals surface area contributed by atoms with Crippen LogP contribution in [0.2, 0.25) is 0 Å². The Bertz CT molecular complexity index is 357. The van der Waals surface area contributed by atoms with Crippen LogP contribution in [0.15, 0.2) is 30.3 Å². The fourth-order valence-corrected chi connectivity index (χ4v) is 2.60. The third kappa shape index (κ3) is 3.82. The number of aliphatic hydroxyl groups is 1. The second-order valence-electron chi connectivity index (χ2n) is 5.85. The highest BCUT2D eigenvalue weighted by Gasteiger charge is 2.33. The molecule has 0 aliphatic heterocycles. The summed E-state index contributed by atoms with van der Waals surface area (Å²) in [4.78, 5) is 0. The quantitative estimate of drug-likeness (QED) is 0.775. The van der Waals surface area contributed by atoms with Crippen molar-refractivity contribution in [2.24, 2.45) is 5.92 Å². The highest BCUT2D eigenvalue weighted by atomic mass is 16.3. The molecule has 0 saturated heterocycles. The molecular weight excluding hydrogens is 222 g/mol. The van der Waals surface area contributed by atoms with Gasteiger partial charge in [0.1, 0.15) is 0 Å². The van der Waals surface area contributed by atoms with Gasteiger partial charge >= 0.3 is 0 Å². The van der Waals surface area contributed by atoms with Gasteiger partial charge in [-0.05, 0) is 37.7 Å². The lowest BCUT2D eigenvalue weighted by molar-refractivity contribution is 0.0463. The first kappa shape index (κ1) is 13.6. The number of hydrogen-bond donors (Lipinski definition) is 2. The maximum absolute atomic E-state index is 10.2. The van der Waals surface area contributed by atoms with Gasteiger partial charge in [-0.3, -0.25) is 0 Å². The molecule has 0 aromatic heterocycles. The van der Waals surface area contributed by atoms with Crippen molar-refractivity contribution in [2.45, 2.75) is 51.2 Å². The van der Waals surface area contributed by atoms with Gasteiger partial charge in [0.15, 0.2) is 0 Å². The highest BCUT2D eigenvalue weighted by Crippen LogP contribution is 2.41. The lowest BCUT2D eigenvalue weighted by Crippen LogP contribution is -2.39. The average Bonchev–Trinajstić information content (AvgIpc) is 3.15. The molecule has 2 atom stereocenters. The van der Waals surface area contributed by atoms with Crippen LogP contribution in [0.25, 0.3) is 0 Å². The van der Waals surface area contributed by atoms with Crippen molar-refractivity contribution in [2.75, 3.05) is 6.54 Å². The third-order valence-electron chi connectivity index (χ3n) is 3.74. The van der Waals surface area contributed by atoms with Gasteiger partial charge < -0.3 is 10.4 Å². The molecule has 1 fully saturated rings. The Morgan fingerprint density at radius 1 is 1.33 bits per heavy atom. The molecule has 2 heteroatoms. The van der Waals surface area contributed by atoms with E-state index < -0.39 is 5.60 Å². The van der Waals surface area contributed by atoms with Gasteiger partial charge in [0.05, 0.1) is 5.60 Å². The van der Waals surface area contributed by atoms with E-state index in [1.54, 1.807) is 0 Å². The minimum atomic E-state index is -0.587. The Morgan fingerprint density at radius 2 is 2.00 bits per heavy atom. The molecule has 100 valence electrons. The topological polar surface area (TPSA) is 32.3 Å². The summed E-state index contributed by atoms with van der Waals surface area (Å²) in [6.07, 6.45) is 4.49. The SMILES string of the molecule is CCCC(C)(O)CNC(c1ccccc1)C1CC1. The molecule has 0 amide bonds. The van der Waals surface area contributed by atoms with Crippen LogP contribution in [0.5, 0.6) is 0 Å². The van der Waals surface area contributed by atoms with Crippen LogP contribution in [0.4, 0.5) is 0 Å². The van der Waals surface area contributed by atoms with Crippen molar-refractivity contribution in [3.05, 3.63) is 35.9 Å². The maximum atomic E-state index is 10.2. The molecule has 1 aliphatic carbocycles. The summed E-state index contributed by atoms with van der Waals surface area (Å²) in [5.41, 5.74) is 0.767. The minimum Gasteiger partial charge on any atom is -0.389 e. The van der Waals surface area contributed by atoms with Gasteiger partial charge in [0.2, 0.25) is 0 Å². The van der Waals surface area contributed by atoms with Crippen molar-refractivity contribution in [1.82, 2.24) is 5.32 Å². The summed E-state index contributed by atoms with van der Waals surface area (Å²) in [5.74, 6) is 0.754. The van der Waals surface area contributed by atoms with Gasteiger partial charge in [0.25, 0.3) is 0 Å². The first-order valence-electron chi connectivity index (χ1n) is 7.13. The lowest BCUT2D eigenvalue weighted by atomic mass is 9.97. The molecular formula is C16H25NO. The Kier molecular flexibility index (Phi) is 4.41. The van der Waals surface area contributed by atoms with Gasteiger partial charge in [-0.25, -0.2) is 0 Å². The van der Waals surface area contributed by atoms with Gasteiger partial charge in [-0.2, -0.15) is 0 Å². The lowest BCUT2D eigenvalue weighted by Gasteiger charge is -2.27. The van der Waals surface area contributed by atoms with E-state index in [1.807, 2.05) is 6.92 Å². The molecule has 1 aromatic carbocycles. The zero-order valence-electron chi connectivity index (χ0n) is 11.5. The van der Waals surface area contributed by atoms with Gasteiger partial charge in [-0.1, -0.05) is 43.7 Å². The Morgan fingerprint density at radius 3 is 2.56 bits per heavy atom. The number of hydrogen-bond acceptors (Lipinski definition) is 2. The van der Waals surface area contributed by atoms with E-state index in [0.717, 1.165) is 18.8 Å². The molecule has 2 unspecified atom stereocenters. The largest absolute Gasteiger partial charge is 0.389 e. The van der Waals surface area contributed by atoms with Crippen molar-refractivity contribution in [1.29, 1.82) is 0 Å². The van der Waals surface area contributed by atoms with Gasteiger partial charge in [0, 0.05) is 12.6 Å². The summed E-state index contributed by atoms with van der Waals surface area (Å²) in [7, 11) is 0. The fraction of sp³-hybridized carbons (Fsp3) is 0.625. The van der Waals surface area contributed by atoms with E-state index in [4.69, 9.17) is 0 Å². The second kappa shape index (κ2) is 5.85. The van der Waals surface area contributed by atoms with Crippen LogP contribution < -0.4 is 5.32 Å². The van der Waals surface area contributed by atoms with Crippen molar-refractivity contribution in [3.8, 4) is 0 Å². The number of benzene rings is 1. The second-order valence-corrected chi connectivity index (χ2v) is 5.85.